The molecule has 3 aromatic rings. The minimum atomic E-state index is -0.135. The lowest BCUT2D eigenvalue weighted by atomic mass is 9.85. The van der Waals surface area contributed by atoms with Crippen LogP contribution in [0.1, 0.15) is 60.4 Å². The van der Waals surface area contributed by atoms with Crippen molar-refractivity contribution in [3.8, 4) is 16.9 Å². The molecule has 2 aromatic carbocycles. The van der Waals surface area contributed by atoms with Crippen molar-refractivity contribution >= 4 is 22.4 Å². The van der Waals surface area contributed by atoms with Crippen LogP contribution in [0.25, 0.3) is 11.1 Å². The van der Waals surface area contributed by atoms with Crippen LogP contribution in [0.5, 0.6) is 5.75 Å². The van der Waals surface area contributed by atoms with Gasteiger partial charge in [0.25, 0.3) is 5.91 Å². The van der Waals surface area contributed by atoms with E-state index in [-0.39, 0.29) is 5.91 Å². The first-order valence-corrected chi connectivity index (χ1v) is 13.8. The average Bonchev–Trinajstić information content (AvgIpc) is 3.68. The van der Waals surface area contributed by atoms with Gasteiger partial charge in [0.2, 0.25) is 0 Å². The molecule has 2 aliphatic carbocycles. The summed E-state index contributed by atoms with van der Waals surface area (Å²) in [5.74, 6) is 3.35. The first-order chi connectivity index (χ1) is 17.2. The standard InChI is InChI=1S/C29H33N3O2S/c1-34-27-9-8-23(20-4-6-22(7-5-20)28(33)31-29-30-12-15-35-29)18-25(27)21-10-13-32(14-11-21)26-17-19-2-3-24(26)16-19/h4-9,12,15,18-19,21,24,26H,2-3,10-11,13-14,16-17H2,1H3,(H,30,31,33). The lowest BCUT2D eigenvalue weighted by Gasteiger charge is -2.40. The largest absolute Gasteiger partial charge is 0.496 e. The molecule has 3 aliphatic rings. The molecule has 1 saturated heterocycles. The number of benzene rings is 2. The molecule has 1 N–H and O–H groups in total. The molecule has 3 fully saturated rings. The van der Waals surface area contributed by atoms with Gasteiger partial charge in [-0.15, -0.1) is 11.3 Å². The van der Waals surface area contributed by atoms with E-state index < -0.39 is 0 Å². The molecule has 35 heavy (non-hydrogen) atoms. The summed E-state index contributed by atoms with van der Waals surface area (Å²) in [5, 5.41) is 5.31. The highest BCUT2D eigenvalue weighted by atomic mass is 32.1. The fraction of sp³-hybridized carbons (Fsp3) is 0.448. The van der Waals surface area contributed by atoms with E-state index >= 15 is 0 Å². The number of aromatic nitrogens is 1. The Labute approximate surface area is 211 Å². The van der Waals surface area contributed by atoms with Gasteiger partial charge < -0.3 is 9.64 Å². The Morgan fingerprint density at radius 2 is 1.83 bits per heavy atom. The van der Waals surface area contributed by atoms with Crippen LogP contribution in [0.4, 0.5) is 5.13 Å². The Kier molecular flexibility index (Phi) is 6.33. The number of thiazole rings is 1. The number of amides is 1. The fourth-order valence-electron chi connectivity index (χ4n) is 6.70. The normalized spacial score (nSPS) is 24.5. The molecular weight excluding hydrogens is 454 g/mol. The number of carbonyl (C=O) groups is 1. The molecule has 1 aromatic heterocycles. The van der Waals surface area contributed by atoms with Crippen LogP contribution in [0, 0.1) is 11.8 Å². The number of piperidine rings is 1. The summed E-state index contributed by atoms with van der Waals surface area (Å²) in [5.41, 5.74) is 4.23. The quantitative estimate of drug-likeness (QED) is 0.435. The number of likely N-dealkylation sites (tertiary alicyclic amines) is 1. The van der Waals surface area contributed by atoms with Gasteiger partial charge in [-0.1, -0.05) is 24.6 Å². The summed E-state index contributed by atoms with van der Waals surface area (Å²) in [6.07, 6.45) is 9.92. The molecule has 3 atom stereocenters. The van der Waals surface area contributed by atoms with Crippen molar-refractivity contribution in [3.63, 3.8) is 0 Å². The first kappa shape index (κ1) is 22.7. The predicted molar refractivity (Wildman–Crippen MR) is 141 cm³/mol. The number of nitrogens with one attached hydrogen (secondary N) is 1. The average molecular weight is 488 g/mol. The Bertz CT molecular complexity index is 1170. The van der Waals surface area contributed by atoms with Crippen LogP contribution in [0.3, 0.4) is 0 Å². The summed E-state index contributed by atoms with van der Waals surface area (Å²) < 4.78 is 5.79. The van der Waals surface area contributed by atoms with Crippen molar-refractivity contribution in [3.05, 3.63) is 65.2 Å². The summed E-state index contributed by atoms with van der Waals surface area (Å²) in [4.78, 5) is 19.4. The molecule has 1 aliphatic heterocycles. The highest BCUT2D eigenvalue weighted by molar-refractivity contribution is 7.13. The van der Waals surface area contributed by atoms with Gasteiger partial charge in [-0.3, -0.25) is 10.1 Å². The lowest BCUT2D eigenvalue weighted by molar-refractivity contribution is 0.102. The minimum Gasteiger partial charge on any atom is -0.496 e. The maximum absolute atomic E-state index is 12.5. The van der Waals surface area contributed by atoms with E-state index in [1.807, 2.05) is 29.6 Å². The van der Waals surface area contributed by atoms with Crippen LogP contribution in [0.2, 0.25) is 0 Å². The molecule has 6 rings (SSSR count). The molecule has 0 radical (unpaired) electrons. The molecular formula is C29H33N3O2S. The van der Waals surface area contributed by atoms with Crippen LogP contribution >= 0.6 is 11.3 Å². The monoisotopic (exact) mass is 487 g/mol. The molecule has 2 bridgehead atoms. The maximum atomic E-state index is 12.5. The molecule has 2 heterocycles. The van der Waals surface area contributed by atoms with E-state index in [0.717, 1.165) is 29.2 Å². The highest BCUT2D eigenvalue weighted by Crippen LogP contribution is 2.48. The maximum Gasteiger partial charge on any atom is 0.257 e. The number of hydrogen-bond donors (Lipinski definition) is 1. The third kappa shape index (κ3) is 4.62. The Morgan fingerprint density at radius 3 is 2.49 bits per heavy atom. The van der Waals surface area contributed by atoms with Gasteiger partial charge in [-0.2, -0.15) is 0 Å². The topological polar surface area (TPSA) is 54.5 Å². The number of methoxy groups -OCH3 is 1. The van der Waals surface area contributed by atoms with Gasteiger partial charge in [0.15, 0.2) is 5.13 Å². The summed E-state index contributed by atoms with van der Waals surface area (Å²) >= 11 is 1.42. The molecule has 5 nitrogen and oxygen atoms in total. The number of nitrogens with zero attached hydrogens (tertiary/aromatic N) is 2. The number of fused-ring (bicyclic) bond motifs is 2. The summed E-state index contributed by atoms with van der Waals surface area (Å²) in [6, 6.07) is 15.2. The molecule has 6 heteroatoms. The zero-order chi connectivity index (χ0) is 23.8. The van der Waals surface area contributed by atoms with Crippen LogP contribution < -0.4 is 10.1 Å². The van der Waals surface area contributed by atoms with E-state index in [4.69, 9.17) is 4.74 Å². The van der Waals surface area contributed by atoms with E-state index in [0.29, 0.717) is 16.6 Å². The van der Waals surface area contributed by atoms with Crippen molar-refractivity contribution in [1.82, 2.24) is 9.88 Å². The lowest BCUT2D eigenvalue weighted by Crippen LogP contribution is -2.43. The van der Waals surface area contributed by atoms with Crippen molar-refractivity contribution in [2.24, 2.45) is 11.8 Å². The SMILES string of the molecule is COc1ccc(-c2ccc(C(=O)Nc3nccs3)cc2)cc1C1CCN(C2CC3CCC2C3)CC1. The second-order valence-corrected chi connectivity index (χ2v) is 11.3. The van der Waals surface area contributed by atoms with E-state index in [9.17, 15) is 4.79 Å². The third-order valence-electron chi connectivity index (χ3n) is 8.50. The summed E-state index contributed by atoms with van der Waals surface area (Å²) in [6.45, 7) is 2.41. The number of hydrogen-bond acceptors (Lipinski definition) is 5. The van der Waals surface area contributed by atoms with Crippen LogP contribution in [-0.2, 0) is 0 Å². The Balaban J connectivity index is 1.15. The highest BCUT2D eigenvalue weighted by Gasteiger charge is 2.43. The smallest absolute Gasteiger partial charge is 0.257 e. The molecule has 0 spiro atoms. The third-order valence-corrected chi connectivity index (χ3v) is 9.19. The van der Waals surface area contributed by atoms with Crippen LogP contribution in [0.15, 0.2) is 54.0 Å². The minimum absolute atomic E-state index is 0.135. The summed E-state index contributed by atoms with van der Waals surface area (Å²) in [7, 11) is 1.78. The van der Waals surface area contributed by atoms with Crippen molar-refractivity contribution in [2.75, 3.05) is 25.5 Å². The van der Waals surface area contributed by atoms with Crippen molar-refractivity contribution < 1.29 is 9.53 Å². The number of ether oxygens (including phenoxy) is 1. The van der Waals surface area contributed by atoms with Gasteiger partial charge in [-0.05, 0) is 104 Å². The predicted octanol–water partition coefficient (Wildman–Crippen LogP) is 6.44. The van der Waals surface area contributed by atoms with Crippen molar-refractivity contribution in [2.45, 2.75) is 50.5 Å². The van der Waals surface area contributed by atoms with Gasteiger partial charge in [0.1, 0.15) is 5.75 Å². The van der Waals surface area contributed by atoms with Crippen molar-refractivity contribution in [1.29, 1.82) is 0 Å². The van der Waals surface area contributed by atoms with Crippen LogP contribution in [-0.4, -0.2) is 42.0 Å². The van der Waals surface area contributed by atoms with Gasteiger partial charge >= 0.3 is 0 Å². The van der Waals surface area contributed by atoms with E-state index in [1.165, 1.54) is 74.1 Å². The van der Waals surface area contributed by atoms with E-state index in [2.05, 4.69) is 33.4 Å². The number of carbonyl (C=O) groups excluding carboxylic acids is 1. The molecule has 1 amide bonds. The second-order valence-electron chi connectivity index (χ2n) is 10.4. The molecule has 3 unspecified atom stereocenters. The Morgan fingerprint density at radius 1 is 1.03 bits per heavy atom. The zero-order valence-corrected chi connectivity index (χ0v) is 21.1. The number of anilines is 1. The van der Waals surface area contributed by atoms with Gasteiger partial charge in [0, 0.05) is 23.2 Å². The van der Waals surface area contributed by atoms with Gasteiger partial charge in [0.05, 0.1) is 7.11 Å². The molecule has 2 saturated carbocycles. The fourth-order valence-corrected chi connectivity index (χ4v) is 7.23. The molecule has 182 valence electrons. The zero-order valence-electron chi connectivity index (χ0n) is 20.3. The number of rotatable bonds is 6. The Hall–Kier alpha value is -2.70. The first-order valence-electron chi connectivity index (χ1n) is 12.9. The second kappa shape index (κ2) is 9.75. The van der Waals surface area contributed by atoms with E-state index in [1.54, 1.807) is 13.3 Å². The van der Waals surface area contributed by atoms with Gasteiger partial charge in [-0.25, -0.2) is 4.98 Å².